The van der Waals surface area contributed by atoms with Gasteiger partial charge < -0.3 is 30.1 Å². The molecule has 0 spiro atoms. The van der Waals surface area contributed by atoms with Gasteiger partial charge in [0.1, 0.15) is 23.2 Å². The van der Waals surface area contributed by atoms with Crippen LogP contribution in [0.5, 0.6) is 0 Å². The predicted molar refractivity (Wildman–Crippen MR) is 127 cm³/mol. The highest BCUT2D eigenvalue weighted by molar-refractivity contribution is 5.96. The Morgan fingerprint density at radius 3 is 2.69 bits per heavy atom. The van der Waals surface area contributed by atoms with E-state index < -0.39 is 53.2 Å². The number of aliphatic hydroxyl groups is 1. The van der Waals surface area contributed by atoms with E-state index in [9.17, 15) is 24.3 Å². The lowest BCUT2D eigenvalue weighted by Crippen LogP contribution is -2.56. The Labute approximate surface area is 206 Å². The quantitative estimate of drug-likeness (QED) is 0.403. The summed E-state index contributed by atoms with van der Waals surface area (Å²) in [6, 6.07) is -1.85. The molecule has 5 atom stereocenters. The van der Waals surface area contributed by atoms with Crippen LogP contribution in [0.15, 0.2) is 12.2 Å². The molecule has 3 N–H and O–H groups in total. The average Bonchev–Trinajstić information content (AvgIpc) is 3.30. The molecule has 1 saturated carbocycles. The topological polar surface area (TPSA) is 134 Å². The van der Waals surface area contributed by atoms with Crippen molar-refractivity contribution in [1.29, 1.82) is 0 Å². The minimum Gasteiger partial charge on any atom is -0.464 e. The lowest BCUT2D eigenvalue weighted by molar-refractivity contribution is -0.150. The molecular weight excluding hydrogens is 454 g/mol. The average molecular weight is 494 g/mol. The second kappa shape index (κ2) is 11.0. The summed E-state index contributed by atoms with van der Waals surface area (Å²) in [6.07, 6.45) is 6.49. The molecule has 3 rings (SSSR count). The zero-order valence-electron chi connectivity index (χ0n) is 21.2. The van der Waals surface area contributed by atoms with Gasteiger partial charge in [0.05, 0.1) is 12.7 Å². The number of fused-ring (bicyclic) bond motifs is 2. The van der Waals surface area contributed by atoms with Crippen molar-refractivity contribution in [2.45, 2.75) is 102 Å². The van der Waals surface area contributed by atoms with Gasteiger partial charge in [-0.2, -0.15) is 0 Å². The number of hydrogen-bond acceptors (Lipinski definition) is 7. The van der Waals surface area contributed by atoms with E-state index in [2.05, 4.69) is 10.6 Å². The van der Waals surface area contributed by atoms with Crippen molar-refractivity contribution >= 4 is 23.9 Å². The Morgan fingerprint density at radius 2 is 2.00 bits per heavy atom. The molecule has 0 radical (unpaired) electrons. The number of hydrogen-bond donors (Lipinski definition) is 3. The fraction of sp³-hybridized carbons (Fsp3) is 0.760. The third kappa shape index (κ3) is 6.74. The van der Waals surface area contributed by atoms with Crippen LogP contribution in [0.25, 0.3) is 0 Å². The van der Waals surface area contributed by atoms with Gasteiger partial charge >= 0.3 is 12.1 Å². The van der Waals surface area contributed by atoms with Gasteiger partial charge in [0, 0.05) is 18.9 Å². The Kier molecular flexibility index (Phi) is 8.46. The van der Waals surface area contributed by atoms with Gasteiger partial charge in [-0.15, -0.1) is 0 Å². The number of carbonyl (C=O) groups is 4. The molecule has 196 valence electrons. The summed E-state index contributed by atoms with van der Waals surface area (Å²) >= 11 is 0. The monoisotopic (exact) mass is 493 g/mol. The number of nitrogens with zero attached hydrogens (tertiary/aromatic N) is 1. The lowest BCUT2D eigenvalue weighted by Gasteiger charge is -2.30. The Hall–Kier alpha value is -2.62. The zero-order valence-corrected chi connectivity index (χ0v) is 21.2. The third-order valence-corrected chi connectivity index (χ3v) is 6.59. The van der Waals surface area contributed by atoms with Gasteiger partial charge in [-0.3, -0.25) is 9.59 Å². The van der Waals surface area contributed by atoms with Crippen molar-refractivity contribution in [3.8, 4) is 0 Å². The summed E-state index contributed by atoms with van der Waals surface area (Å²) in [6.45, 7) is 7.08. The van der Waals surface area contributed by atoms with Gasteiger partial charge in [-0.1, -0.05) is 25.0 Å². The fourth-order valence-corrected chi connectivity index (χ4v) is 4.77. The predicted octanol–water partition coefficient (Wildman–Crippen LogP) is 1.80. The molecule has 2 heterocycles. The van der Waals surface area contributed by atoms with Crippen LogP contribution in [0, 0.1) is 5.92 Å². The zero-order chi connectivity index (χ0) is 25.8. The lowest BCUT2D eigenvalue weighted by atomic mass is 10.0. The molecule has 2 aliphatic heterocycles. The second-order valence-corrected chi connectivity index (χ2v) is 10.7. The molecule has 35 heavy (non-hydrogen) atoms. The van der Waals surface area contributed by atoms with Gasteiger partial charge in [0.2, 0.25) is 11.8 Å². The Morgan fingerprint density at radius 1 is 1.26 bits per heavy atom. The Balaban J connectivity index is 1.84. The van der Waals surface area contributed by atoms with Gasteiger partial charge in [0.25, 0.3) is 0 Å². The van der Waals surface area contributed by atoms with Crippen LogP contribution < -0.4 is 10.6 Å². The first-order chi connectivity index (χ1) is 16.5. The molecule has 0 aromatic rings. The number of nitrogens with one attached hydrogen (secondary N) is 2. The van der Waals surface area contributed by atoms with E-state index in [0.29, 0.717) is 19.3 Å². The van der Waals surface area contributed by atoms with Crippen molar-refractivity contribution in [2.24, 2.45) is 5.92 Å². The van der Waals surface area contributed by atoms with Crippen molar-refractivity contribution in [1.82, 2.24) is 15.5 Å². The van der Waals surface area contributed by atoms with Crippen molar-refractivity contribution in [2.75, 3.05) is 13.2 Å². The van der Waals surface area contributed by atoms with Gasteiger partial charge in [-0.25, -0.2) is 9.59 Å². The first-order valence-corrected chi connectivity index (χ1v) is 12.6. The summed E-state index contributed by atoms with van der Waals surface area (Å²) in [5.74, 6) is -1.62. The molecule has 3 aliphatic rings. The maximum atomic E-state index is 13.5. The number of aliphatic hydroxyl groups excluding tert-OH is 1. The van der Waals surface area contributed by atoms with Crippen molar-refractivity contribution < 1.29 is 33.8 Å². The number of alkyl carbamates (subject to hydrolysis) is 1. The third-order valence-electron chi connectivity index (χ3n) is 6.59. The molecule has 1 saturated heterocycles. The van der Waals surface area contributed by atoms with Gasteiger partial charge in [0.15, 0.2) is 0 Å². The van der Waals surface area contributed by atoms with Crippen molar-refractivity contribution in [3.05, 3.63) is 12.2 Å². The van der Waals surface area contributed by atoms with Crippen molar-refractivity contribution in [3.63, 3.8) is 0 Å². The summed E-state index contributed by atoms with van der Waals surface area (Å²) in [5.41, 5.74) is -1.88. The van der Waals surface area contributed by atoms with E-state index in [4.69, 9.17) is 9.47 Å². The molecule has 10 heteroatoms. The van der Waals surface area contributed by atoms with Crippen LogP contribution in [0.1, 0.15) is 72.6 Å². The SMILES string of the molecule is CCOC(=O)[C@@]12C[C@H]1C=CCCCCC[C@H](NC(=O)OC(C)(C)C)C(=O)N1C[C@H](O)C[C@H]1C(=O)N2. The molecule has 0 unspecified atom stereocenters. The van der Waals surface area contributed by atoms with Crippen LogP contribution >= 0.6 is 0 Å². The van der Waals surface area contributed by atoms with E-state index in [-0.39, 0.29) is 25.5 Å². The Bertz CT molecular complexity index is 852. The highest BCUT2D eigenvalue weighted by atomic mass is 16.6. The number of amides is 3. The summed E-state index contributed by atoms with van der Waals surface area (Å²) in [4.78, 5) is 53.4. The van der Waals surface area contributed by atoms with Crippen LogP contribution in [0.3, 0.4) is 0 Å². The number of allylic oxidation sites excluding steroid dienone is 1. The standard InChI is InChI=1S/C25H39N3O7/c1-5-34-22(32)25-14-16(25)11-9-7-6-8-10-12-18(26-23(33)35-24(2,3)4)21(31)28-15-17(29)13-19(28)20(30)27-25/h9,11,16-19,29H,5-8,10,12-15H2,1-4H3,(H,26,33)(H,27,30)/t16-,17-,18+,19+,25-/m1/s1. The van der Waals surface area contributed by atoms with E-state index in [1.807, 2.05) is 12.2 Å². The summed E-state index contributed by atoms with van der Waals surface area (Å²) in [5, 5.41) is 15.8. The number of esters is 1. The molecule has 1 aliphatic carbocycles. The minimum absolute atomic E-state index is 0.0286. The van der Waals surface area contributed by atoms with Crippen LogP contribution in [-0.2, 0) is 23.9 Å². The number of rotatable bonds is 3. The molecule has 0 aromatic heterocycles. The van der Waals surface area contributed by atoms with Crippen LogP contribution in [-0.4, -0.2) is 76.4 Å². The normalized spacial score (nSPS) is 31.9. The first-order valence-electron chi connectivity index (χ1n) is 12.6. The smallest absolute Gasteiger partial charge is 0.408 e. The molecule has 10 nitrogen and oxygen atoms in total. The van der Waals surface area contributed by atoms with Crippen LogP contribution in [0.4, 0.5) is 4.79 Å². The molecule has 0 aromatic carbocycles. The van der Waals surface area contributed by atoms with Gasteiger partial charge in [-0.05, 0) is 53.4 Å². The van der Waals surface area contributed by atoms with E-state index >= 15 is 0 Å². The van der Waals surface area contributed by atoms with Crippen LogP contribution in [0.2, 0.25) is 0 Å². The van der Waals surface area contributed by atoms with E-state index in [1.54, 1.807) is 27.7 Å². The minimum atomic E-state index is -1.15. The highest BCUT2D eigenvalue weighted by Gasteiger charge is 2.62. The molecule has 3 amide bonds. The molecule has 2 fully saturated rings. The molecular formula is C25H39N3O7. The fourth-order valence-electron chi connectivity index (χ4n) is 4.77. The second-order valence-electron chi connectivity index (χ2n) is 10.7. The largest absolute Gasteiger partial charge is 0.464 e. The number of carbonyl (C=O) groups excluding carboxylic acids is 4. The maximum absolute atomic E-state index is 13.5. The highest BCUT2D eigenvalue weighted by Crippen LogP contribution is 2.46. The molecule has 0 bridgehead atoms. The number of ether oxygens (including phenoxy) is 2. The summed E-state index contributed by atoms with van der Waals surface area (Å²) in [7, 11) is 0. The maximum Gasteiger partial charge on any atom is 0.408 e. The summed E-state index contributed by atoms with van der Waals surface area (Å²) < 4.78 is 10.6. The first kappa shape index (κ1) is 27.0. The van der Waals surface area contributed by atoms with E-state index in [0.717, 1.165) is 19.3 Å². The van der Waals surface area contributed by atoms with E-state index in [1.165, 1.54) is 4.90 Å².